The summed E-state index contributed by atoms with van der Waals surface area (Å²) in [5.41, 5.74) is 2.16. The molecule has 3 aromatic rings. The Morgan fingerprint density at radius 1 is 1.10 bits per heavy atom. The number of nitrogens with one attached hydrogen (secondary N) is 2. The van der Waals surface area contributed by atoms with E-state index >= 15 is 0 Å². The van der Waals surface area contributed by atoms with Crippen LogP contribution in [0.25, 0.3) is 0 Å². The lowest BCUT2D eigenvalue weighted by atomic mass is 9.93. The second-order valence-corrected chi connectivity index (χ2v) is 7.82. The number of anilines is 2. The standard InChI is InChI=1S/C22H22ClN5O3/c23-16-11-9-15(10-12-16)18-13-17(14-5-2-1-3-6-14)24-22-26-21(27-28(18)22)25-19(29)7-4-8-20(30)31/h1-3,5-6,9-12,17-18H,4,7-8,13H2,(H,30,31)(H2,24,25,26,27,29)/p-1/t17-,18-/m0/s1. The third-order valence-electron chi connectivity index (χ3n) is 5.18. The molecule has 0 saturated carbocycles. The number of carbonyl (C=O) groups excluding carboxylic acids is 2. The summed E-state index contributed by atoms with van der Waals surface area (Å²) in [6, 6.07) is 17.6. The number of amides is 1. The number of benzene rings is 2. The van der Waals surface area contributed by atoms with Gasteiger partial charge in [0.1, 0.15) is 0 Å². The largest absolute Gasteiger partial charge is 0.550 e. The molecular formula is C22H21ClN5O3-. The fraction of sp³-hybridized carbons (Fsp3) is 0.273. The van der Waals surface area contributed by atoms with Gasteiger partial charge >= 0.3 is 0 Å². The summed E-state index contributed by atoms with van der Waals surface area (Å²) in [5, 5.41) is 21.7. The van der Waals surface area contributed by atoms with E-state index in [0.717, 1.165) is 17.5 Å². The van der Waals surface area contributed by atoms with Crippen molar-refractivity contribution in [2.45, 2.75) is 37.8 Å². The van der Waals surface area contributed by atoms with Crippen LogP contribution in [-0.2, 0) is 9.59 Å². The average molecular weight is 439 g/mol. The predicted octanol–water partition coefficient (Wildman–Crippen LogP) is 2.94. The Morgan fingerprint density at radius 2 is 1.84 bits per heavy atom. The van der Waals surface area contributed by atoms with Gasteiger partial charge in [-0.2, -0.15) is 4.98 Å². The van der Waals surface area contributed by atoms with Gasteiger partial charge < -0.3 is 15.2 Å². The zero-order valence-corrected chi connectivity index (χ0v) is 17.4. The maximum atomic E-state index is 12.1. The molecule has 0 saturated heterocycles. The van der Waals surface area contributed by atoms with Gasteiger partial charge in [0.05, 0.1) is 12.1 Å². The van der Waals surface area contributed by atoms with Crippen molar-refractivity contribution in [3.8, 4) is 0 Å². The Hall–Kier alpha value is -3.39. The predicted molar refractivity (Wildman–Crippen MR) is 115 cm³/mol. The summed E-state index contributed by atoms with van der Waals surface area (Å²) in [6.45, 7) is 0. The number of aromatic nitrogens is 3. The number of hydrogen-bond acceptors (Lipinski definition) is 6. The van der Waals surface area contributed by atoms with Crippen molar-refractivity contribution < 1.29 is 14.7 Å². The number of fused-ring (bicyclic) bond motifs is 1. The zero-order valence-electron chi connectivity index (χ0n) is 16.6. The van der Waals surface area contributed by atoms with Gasteiger partial charge in [0.2, 0.25) is 11.9 Å². The zero-order chi connectivity index (χ0) is 21.8. The summed E-state index contributed by atoms with van der Waals surface area (Å²) >= 11 is 6.06. The van der Waals surface area contributed by atoms with Gasteiger partial charge in [0.15, 0.2) is 0 Å². The first-order valence-corrected chi connectivity index (χ1v) is 10.4. The van der Waals surface area contributed by atoms with Crippen LogP contribution in [0.5, 0.6) is 0 Å². The number of halogens is 1. The van der Waals surface area contributed by atoms with E-state index in [1.807, 2.05) is 42.5 Å². The van der Waals surface area contributed by atoms with Gasteiger partial charge in [0.25, 0.3) is 5.95 Å². The molecule has 2 heterocycles. The van der Waals surface area contributed by atoms with Crippen LogP contribution in [0, 0.1) is 0 Å². The summed E-state index contributed by atoms with van der Waals surface area (Å²) in [5.74, 6) is -0.795. The lowest BCUT2D eigenvalue weighted by Crippen LogP contribution is -2.28. The molecule has 8 nitrogen and oxygen atoms in total. The maximum absolute atomic E-state index is 12.1. The van der Waals surface area contributed by atoms with Crippen LogP contribution in [0.2, 0.25) is 5.02 Å². The third-order valence-corrected chi connectivity index (χ3v) is 5.43. The van der Waals surface area contributed by atoms with Gasteiger partial charge in [-0.05, 0) is 42.5 Å². The third kappa shape index (κ3) is 5.03. The van der Waals surface area contributed by atoms with Crippen molar-refractivity contribution in [2.75, 3.05) is 10.6 Å². The molecule has 2 aromatic carbocycles. The molecule has 0 fully saturated rings. The lowest BCUT2D eigenvalue weighted by Gasteiger charge is -2.31. The normalized spacial score (nSPS) is 17.5. The van der Waals surface area contributed by atoms with Crippen LogP contribution in [0.3, 0.4) is 0 Å². The van der Waals surface area contributed by atoms with Gasteiger partial charge in [0, 0.05) is 17.4 Å². The molecule has 0 bridgehead atoms. The molecule has 160 valence electrons. The minimum absolute atomic E-state index is 0.0187. The minimum atomic E-state index is -1.18. The monoisotopic (exact) mass is 438 g/mol. The number of nitrogens with zero attached hydrogens (tertiary/aromatic N) is 3. The number of hydrogen-bond donors (Lipinski definition) is 2. The van der Waals surface area contributed by atoms with E-state index < -0.39 is 5.97 Å². The van der Waals surface area contributed by atoms with E-state index in [9.17, 15) is 14.7 Å². The van der Waals surface area contributed by atoms with Crippen molar-refractivity contribution >= 4 is 35.4 Å². The number of carboxylic acid groups (broad SMARTS) is 1. The molecule has 1 amide bonds. The highest BCUT2D eigenvalue weighted by Gasteiger charge is 2.31. The quantitative estimate of drug-likeness (QED) is 0.586. The van der Waals surface area contributed by atoms with E-state index in [4.69, 9.17) is 11.6 Å². The Labute approximate surface area is 184 Å². The van der Waals surface area contributed by atoms with Crippen molar-refractivity contribution in [3.05, 3.63) is 70.7 Å². The molecule has 2 N–H and O–H groups in total. The molecule has 1 aromatic heterocycles. The molecule has 1 aliphatic heterocycles. The molecule has 31 heavy (non-hydrogen) atoms. The van der Waals surface area contributed by atoms with E-state index in [0.29, 0.717) is 11.0 Å². The summed E-state index contributed by atoms with van der Waals surface area (Å²) in [4.78, 5) is 27.1. The first-order valence-electron chi connectivity index (χ1n) is 10.0. The first-order chi connectivity index (χ1) is 15.0. The number of aliphatic carboxylic acids is 1. The molecule has 0 spiro atoms. The van der Waals surface area contributed by atoms with Gasteiger partial charge in [-0.15, -0.1) is 5.10 Å². The van der Waals surface area contributed by atoms with Crippen molar-refractivity contribution in [2.24, 2.45) is 0 Å². The molecule has 0 radical (unpaired) electrons. The average Bonchev–Trinajstić information content (AvgIpc) is 3.16. The van der Waals surface area contributed by atoms with Gasteiger partial charge in [-0.1, -0.05) is 54.1 Å². The Kier molecular flexibility index (Phi) is 6.18. The van der Waals surface area contributed by atoms with Crippen molar-refractivity contribution in [1.82, 2.24) is 14.8 Å². The number of rotatable bonds is 7. The summed E-state index contributed by atoms with van der Waals surface area (Å²) in [7, 11) is 0. The highest BCUT2D eigenvalue weighted by Crippen LogP contribution is 2.38. The first kappa shape index (κ1) is 20.9. The molecule has 9 heteroatoms. The minimum Gasteiger partial charge on any atom is -0.550 e. The van der Waals surface area contributed by atoms with E-state index in [-0.39, 0.29) is 43.2 Å². The van der Waals surface area contributed by atoms with E-state index in [2.05, 4.69) is 32.8 Å². The molecule has 0 unspecified atom stereocenters. The summed E-state index contributed by atoms with van der Waals surface area (Å²) in [6.07, 6.45) is 0.822. The van der Waals surface area contributed by atoms with Gasteiger partial charge in [-0.25, -0.2) is 4.68 Å². The second kappa shape index (κ2) is 9.18. The van der Waals surface area contributed by atoms with Crippen LogP contribution < -0.4 is 15.7 Å². The van der Waals surface area contributed by atoms with Crippen LogP contribution in [-0.4, -0.2) is 26.6 Å². The van der Waals surface area contributed by atoms with Crippen LogP contribution >= 0.6 is 11.6 Å². The number of carbonyl (C=O) groups is 2. The highest BCUT2D eigenvalue weighted by atomic mass is 35.5. The molecule has 1 aliphatic rings. The SMILES string of the molecule is O=C([O-])CCCC(=O)Nc1nc2n(n1)[C@H](c1ccc(Cl)cc1)C[C@@H](c1ccccc1)N2. The molecule has 4 rings (SSSR count). The molecule has 0 aliphatic carbocycles. The lowest BCUT2D eigenvalue weighted by molar-refractivity contribution is -0.305. The van der Waals surface area contributed by atoms with E-state index in [1.54, 1.807) is 4.68 Å². The fourth-order valence-electron chi connectivity index (χ4n) is 3.68. The Balaban J connectivity index is 1.59. The highest BCUT2D eigenvalue weighted by molar-refractivity contribution is 6.30. The van der Waals surface area contributed by atoms with Gasteiger partial charge in [-0.3, -0.25) is 10.1 Å². The Bertz CT molecular complexity index is 1070. The van der Waals surface area contributed by atoms with E-state index in [1.165, 1.54) is 0 Å². The molecular weight excluding hydrogens is 418 g/mol. The Morgan fingerprint density at radius 3 is 2.55 bits per heavy atom. The summed E-state index contributed by atoms with van der Waals surface area (Å²) < 4.78 is 1.76. The van der Waals surface area contributed by atoms with Crippen molar-refractivity contribution in [1.29, 1.82) is 0 Å². The van der Waals surface area contributed by atoms with Crippen molar-refractivity contribution in [3.63, 3.8) is 0 Å². The number of carboxylic acids is 1. The molecule has 2 atom stereocenters. The van der Waals surface area contributed by atoms with Crippen LogP contribution in [0.4, 0.5) is 11.9 Å². The topological polar surface area (TPSA) is 112 Å². The second-order valence-electron chi connectivity index (χ2n) is 7.39. The maximum Gasteiger partial charge on any atom is 0.250 e. The van der Waals surface area contributed by atoms with Crippen LogP contribution in [0.1, 0.15) is 48.9 Å². The smallest absolute Gasteiger partial charge is 0.250 e. The fourth-order valence-corrected chi connectivity index (χ4v) is 3.80. The van der Waals surface area contributed by atoms with Crippen LogP contribution in [0.15, 0.2) is 54.6 Å².